The number of carboxylic acids is 1. The highest BCUT2D eigenvalue weighted by Gasteiger charge is 2.20. The maximum absolute atomic E-state index is 10.4. The van der Waals surface area contributed by atoms with E-state index in [4.69, 9.17) is 10.2 Å². The molecule has 1 heterocycles. The van der Waals surface area contributed by atoms with Gasteiger partial charge in [-0.25, -0.2) is 4.79 Å². The van der Waals surface area contributed by atoms with E-state index in [0.717, 1.165) is 0 Å². The fourth-order valence-corrected chi connectivity index (χ4v) is 1.95. The van der Waals surface area contributed by atoms with Crippen LogP contribution in [0, 0.1) is 0 Å². The van der Waals surface area contributed by atoms with Gasteiger partial charge in [-0.15, -0.1) is 0 Å². The molecule has 2 N–H and O–H groups in total. The molecule has 4 nitrogen and oxygen atoms in total. The molecule has 0 spiro atoms. The lowest BCUT2D eigenvalue weighted by Gasteiger charge is -2.06. The van der Waals surface area contributed by atoms with Crippen LogP contribution in [0.25, 0.3) is 0 Å². The standard InChI is InChI=1S/C7H5Br2NO3/c8-3-1-4(9)5(10-2-3)6(11)7(12)13/h1-2,6,11H,(H,12,13). The first-order valence-electron chi connectivity index (χ1n) is 3.24. The van der Waals surface area contributed by atoms with Gasteiger partial charge in [0.2, 0.25) is 0 Å². The second kappa shape index (κ2) is 4.17. The predicted octanol–water partition coefficient (Wildman–Crippen LogP) is 1.72. The first-order valence-corrected chi connectivity index (χ1v) is 4.83. The molecule has 6 heteroatoms. The van der Waals surface area contributed by atoms with Crippen molar-refractivity contribution in [3.05, 3.63) is 26.9 Å². The van der Waals surface area contributed by atoms with Crippen LogP contribution in [0.2, 0.25) is 0 Å². The number of carbonyl (C=O) groups is 1. The Bertz CT molecular complexity index is 343. The van der Waals surface area contributed by atoms with Crippen LogP contribution in [0.4, 0.5) is 0 Å². The van der Waals surface area contributed by atoms with Crippen LogP contribution in [0.3, 0.4) is 0 Å². The molecule has 0 saturated carbocycles. The number of aromatic nitrogens is 1. The van der Waals surface area contributed by atoms with Gasteiger partial charge in [-0.05, 0) is 37.9 Å². The van der Waals surface area contributed by atoms with Gasteiger partial charge in [0.1, 0.15) is 0 Å². The van der Waals surface area contributed by atoms with Crippen LogP contribution < -0.4 is 0 Å². The van der Waals surface area contributed by atoms with E-state index in [2.05, 4.69) is 36.8 Å². The molecule has 0 aliphatic heterocycles. The second-order valence-electron chi connectivity index (χ2n) is 2.26. The molecule has 0 amide bonds. The Morgan fingerprint density at radius 2 is 2.15 bits per heavy atom. The van der Waals surface area contributed by atoms with Gasteiger partial charge in [0.25, 0.3) is 0 Å². The molecule has 1 aromatic heterocycles. The topological polar surface area (TPSA) is 70.4 Å². The number of pyridine rings is 1. The summed E-state index contributed by atoms with van der Waals surface area (Å²) in [7, 11) is 0. The van der Waals surface area contributed by atoms with Crippen LogP contribution in [-0.4, -0.2) is 21.2 Å². The summed E-state index contributed by atoms with van der Waals surface area (Å²) >= 11 is 6.26. The van der Waals surface area contributed by atoms with E-state index in [1.807, 2.05) is 0 Å². The number of nitrogens with zero attached hydrogens (tertiary/aromatic N) is 1. The van der Waals surface area contributed by atoms with Crippen molar-refractivity contribution in [2.24, 2.45) is 0 Å². The maximum atomic E-state index is 10.4. The molecule has 1 atom stereocenters. The average molecular weight is 311 g/mol. The summed E-state index contributed by atoms with van der Waals surface area (Å²) < 4.78 is 1.16. The van der Waals surface area contributed by atoms with Crippen LogP contribution >= 0.6 is 31.9 Å². The Balaban J connectivity index is 3.08. The zero-order valence-corrected chi connectivity index (χ0v) is 9.41. The van der Waals surface area contributed by atoms with Crippen LogP contribution in [0.15, 0.2) is 21.2 Å². The maximum Gasteiger partial charge on any atom is 0.338 e. The van der Waals surface area contributed by atoms with Crippen LogP contribution in [0.1, 0.15) is 11.8 Å². The summed E-state index contributed by atoms with van der Waals surface area (Å²) in [6.07, 6.45) is -0.172. The summed E-state index contributed by atoms with van der Waals surface area (Å²) in [6, 6.07) is 1.62. The number of aliphatic carboxylic acids is 1. The predicted molar refractivity (Wildman–Crippen MR) is 52.2 cm³/mol. The molecule has 0 aliphatic rings. The number of hydrogen-bond donors (Lipinski definition) is 2. The summed E-state index contributed by atoms with van der Waals surface area (Å²) in [5.41, 5.74) is 0.0932. The Labute approximate surface area is 90.9 Å². The molecule has 70 valence electrons. The van der Waals surface area contributed by atoms with Crippen molar-refractivity contribution in [1.82, 2.24) is 4.98 Å². The normalized spacial score (nSPS) is 12.5. The van der Waals surface area contributed by atoms with Crippen molar-refractivity contribution in [3.63, 3.8) is 0 Å². The molecule has 0 saturated heterocycles. The van der Waals surface area contributed by atoms with Crippen molar-refractivity contribution in [2.45, 2.75) is 6.10 Å². The molecule has 1 rings (SSSR count). The third-order valence-corrected chi connectivity index (χ3v) is 2.40. The summed E-state index contributed by atoms with van der Waals surface area (Å²) in [4.78, 5) is 14.2. The molecule has 0 aromatic carbocycles. The molecule has 0 aliphatic carbocycles. The first-order chi connectivity index (χ1) is 6.02. The van der Waals surface area contributed by atoms with E-state index in [-0.39, 0.29) is 5.69 Å². The van der Waals surface area contributed by atoms with Gasteiger partial charge >= 0.3 is 5.97 Å². The number of rotatable bonds is 2. The van der Waals surface area contributed by atoms with Gasteiger partial charge in [0.05, 0.1) is 5.69 Å². The minimum absolute atomic E-state index is 0.0932. The van der Waals surface area contributed by atoms with Crippen molar-refractivity contribution in [1.29, 1.82) is 0 Å². The van der Waals surface area contributed by atoms with Crippen LogP contribution in [0.5, 0.6) is 0 Å². The minimum atomic E-state index is -1.59. The van der Waals surface area contributed by atoms with E-state index in [0.29, 0.717) is 8.95 Å². The smallest absolute Gasteiger partial charge is 0.338 e. The number of halogens is 2. The van der Waals surface area contributed by atoms with E-state index in [1.165, 1.54) is 6.20 Å². The fourth-order valence-electron chi connectivity index (χ4n) is 0.743. The first kappa shape index (κ1) is 10.6. The van der Waals surface area contributed by atoms with Crippen molar-refractivity contribution in [2.75, 3.05) is 0 Å². The molecule has 13 heavy (non-hydrogen) atoms. The van der Waals surface area contributed by atoms with E-state index in [1.54, 1.807) is 6.07 Å². The van der Waals surface area contributed by atoms with E-state index >= 15 is 0 Å². The van der Waals surface area contributed by atoms with Gasteiger partial charge in [-0.1, -0.05) is 0 Å². The summed E-state index contributed by atoms with van der Waals surface area (Å²) in [5.74, 6) is -1.32. The summed E-state index contributed by atoms with van der Waals surface area (Å²) in [6.45, 7) is 0. The molecule has 1 aromatic rings. The number of aliphatic hydroxyl groups is 1. The zero-order valence-electron chi connectivity index (χ0n) is 6.24. The minimum Gasteiger partial charge on any atom is -0.479 e. The molecule has 0 bridgehead atoms. The molecular formula is C7H5Br2NO3. The molecule has 1 unspecified atom stereocenters. The molecule has 0 radical (unpaired) electrons. The quantitative estimate of drug-likeness (QED) is 0.872. The fraction of sp³-hybridized carbons (Fsp3) is 0.143. The Kier molecular flexibility index (Phi) is 3.40. The van der Waals surface area contributed by atoms with Gasteiger partial charge in [-0.3, -0.25) is 4.98 Å². The van der Waals surface area contributed by atoms with Gasteiger partial charge < -0.3 is 10.2 Å². The molecular weight excluding hydrogens is 306 g/mol. The van der Waals surface area contributed by atoms with E-state index < -0.39 is 12.1 Å². The lowest BCUT2D eigenvalue weighted by atomic mass is 10.2. The Hall–Kier alpha value is -0.460. The third kappa shape index (κ3) is 2.49. The van der Waals surface area contributed by atoms with E-state index in [9.17, 15) is 4.79 Å². The summed E-state index contributed by atoms with van der Waals surface area (Å²) in [5, 5.41) is 17.7. The highest BCUT2D eigenvalue weighted by molar-refractivity contribution is 9.11. The zero-order chi connectivity index (χ0) is 10.0. The number of hydrogen-bond acceptors (Lipinski definition) is 3. The Morgan fingerprint density at radius 1 is 1.54 bits per heavy atom. The van der Waals surface area contributed by atoms with Crippen molar-refractivity contribution < 1.29 is 15.0 Å². The molecule has 0 fully saturated rings. The number of aliphatic hydroxyl groups excluding tert-OH is 1. The monoisotopic (exact) mass is 309 g/mol. The van der Waals surface area contributed by atoms with Gasteiger partial charge in [0, 0.05) is 15.1 Å². The number of carboxylic acid groups (broad SMARTS) is 1. The second-order valence-corrected chi connectivity index (χ2v) is 4.03. The van der Waals surface area contributed by atoms with Crippen LogP contribution in [-0.2, 0) is 4.79 Å². The van der Waals surface area contributed by atoms with Gasteiger partial charge in [-0.2, -0.15) is 0 Å². The lowest BCUT2D eigenvalue weighted by molar-refractivity contribution is -0.147. The van der Waals surface area contributed by atoms with Gasteiger partial charge in [0.15, 0.2) is 6.10 Å². The lowest BCUT2D eigenvalue weighted by Crippen LogP contribution is -2.12. The average Bonchev–Trinajstić information content (AvgIpc) is 2.03. The van der Waals surface area contributed by atoms with Crippen molar-refractivity contribution >= 4 is 37.8 Å². The highest BCUT2D eigenvalue weighted by Crippen LogP contribution is 2.24. The Morgan fingerprint density at radius 3 is 2.62 bits per heavy atom. The third-order valence-electron chi connectivity index (χ3n) is 1.33. The highest BCUT2D eigenvalue weighted by atomic mass is 79.9. The van der Waals surface area contributed by atoms with Crippen molar-refractivity contribution in [3.8, 4) is 0 Å². The largest absolute Gasteiger partial charge is 0.479 e. The SMILES string of the molecule is O=C(O)C(O)c1ncc(Br)cc1Br.